The van der Waals surface area contributed by atoms with Crippen LogP contribution in [-0.2, 0) is 7.05 Å². The Labute approximate surface area is 148 Å². The van der Waals surface area contributed by atoms with Crippen molar-refractivity contribution in [2.75, 3.05) is 25.1 Å². The van der Waals surface area contributed by atoms with Gasteiger partial charge in [0.25, 0.3) is 0 Å². The number of piperidine rings is 1. The maximum absolute atomic E-state index is 5.50. The molecule has 0 amide bonds. The summed E-state index contributed by atoms with van der Waals surface area (Å²) in [6, 6.07) is 8.33. The van der Waals surface area contributed by atoms with Crippen LogP contribution in [-0.4, -0.2) is 35.0 Å². The van der Waals surface area contributed by atoms with E-state index in [1.165, 1.54) is 22.3 Å². The summed E-state index contributed by atoms with van der Waals surface area (Å²) in [6.07, 6.45) is 6.15. The molecule has 4 rings (SSSR count). The Morgan fingerprint density at radius 2 is 1.96 bits per heavy atom. The van der Waals surface area contributed by atoms with Crippen LogP contribution in [0.5, 0.6) is 5.75 Å². The van der Waals surface area contributed by atoms with E-state index in [4.69, 9.17) is 4.74 Å². The Morgan fingerprint density at radius 1 is 1.16 bits per heavy atom. The van der Waals surface area contributed by atoms with Gasteiger partial charge < -0.3 is 9.64 Å². The normalized spacial score (nSPS) is 15.7. The second-order valence-corrected chi connectivity index (χ2v) is 6.79. The molecule has 1 aromatic carbocycles. The molecule has 0 atom stereocenters. The number of aryl methyl sites for hydroxylation is 2. The molecule has 3 heterocycles. The van der Waals surface area contributed by atoms with Gasteiger partial charge in [-0.1, -0.05) is 12.1 Å². The van der Waals surface area contributed by atoms with Crippen LogP contribution in [0.3, 0.4) is 0 Å². The van der Waals surface area contributed by atoms with Crippen LogP contribution >= 0.6 is 0 Å². The number of hydrogen-bond acceptors (Lipinski definition) is 4. The number of rotatable bonds is 3. The molecular weight excluding hydrogens is 312 g/mol. The molecular formula is C20H24N4O. The van der Waals surface area contributed by atoms with Crippen LogP contribution in [0.25, 0.3) is 10.9 Å². The average molecular weight is 336 g/mol. The lowest BCUT2D eigenvalue weighted by Gasteiger charge is -2.35. The smallest absolute Gasteiger partial charge is 0.145 e. The van der Waals surface area contributed by atoms with E-state index in [0.29, 0.717) is 5.92 Å². The largest absolute Gasteiger partial charge is 0.494 e. The standard InChI is InChI=1S/C20H24N4O/c1-14-13-21-19-16(5-4-6-18(19)25-3)20(14)24-11-8-15(9-12-24)17-7-10-22-23(17)2/h4-7,10,13,15H,8-9,11-12H2,1-3H3. The summed E-state index contributed by atoms with van der Waals surface area (Å²) >= 11 is 0. The van der Waals surface area contributed by atoms with Gasteiger partial charge in [-0.15, -0.1) is 0 Å². The van der Waals surface area contributed by atoms with Crippen molar-refractivity contribution in [1.29, 1.82) is 0 Å². The van der Waals surface area contributed by atoms with Gasteiger partial charge in [0.1, 0.15) is 11.3 Å². The molecule has 25 heavy (non-hydrogen) atoms. The highest BCUT2D eigenvalue weighted by Gasteiger charge is 2.25. The first-order valence-electron chi connectivity index (χ1n) is 8.84. The van der Waals surface area contributed by atoms with Crippen LogP contribution in [0.2, 0.25) is 0 Å². The molecule has 0 unspecified atom stereocenters. The minimum absolute atomic E-state index is 0.590. The van der Waals surface area contributed by atoms with Gasteiger partial charge in [-0.05, 0) is 37.5 Å². The van der Waals surface area contributed by atoms with E-state index in [1.54, 1.807) is 7.11 Å². The first kappa shape index (κ1) is 15.9. The molecule has 1 aliphatic heterocycles. The van der Waals surface area contributed by atoms with Crippen molar-refractivity contribution in [2.45, 2.75) is 25.7 Å². The summed E-state index contributed by atoms with van der Waals surface area (Å²) in [5, 5.41) is 5.50. The number of fused-ring (bicyclic) bond motifs is 1. The topological polar surface area (TPSA) is 43.2 Å². The van der Waals surface area contributed by atoms with Gasteiger partial charge in [-0.3, -0.25) is 9.67 Å². The second kappa shape index (κ2) is 6.39. The van der Waals surface area contributed by atoms with E-state index in [2.05, 4.69) is 34.0 Å². The van der Waals surface area contributed by atoms with Crippen molar-refractivity contribution in [1.82, 2.24) is 14.8 Å². The Hall–Kier alpha value is -2.56. The molecule has 0 bridgehead atoms. The van der Waals surface area contributed by atoms with Gasteiger partial charge in [-0.2, -0.15) is 5.10 Å². The Bertz CT molecular complexity index is 894. The van der Waals surface area contributed by atoms with Crippen LogP contribution in [0.15, 0.2) is 36.7 Å². The maximum atomic E-state index is 5.50. The summed E-state index contributed by atoms with van der Waals surface area (Å²) in [4.78, 5) is 7.12. The SMILES string of the molecule is COc1cccc2c(N3CCC(c4ccnn4C)CC3)c(C)cnc12. The van der Waals surface area contributed by atoms with Gasteiger partial charge in [0, 0.05) is 49.5 Å². The zero-order valence-electron chi connectivity index (χ0n) is 15.1. The first-order valence-corrected chi connectivity index (χ1v) is 8.84. The fourth-order valence-electron chi connectivity index (χ4n) is 4.05. The van der Waals surface area contributed by atoms with E-state index in [0.717, 1.165) is 37.2 Å². The van der Waals surface area contributed by atoms with Gasteiger partial charge in [0.15, 0.2) is 0 Å². The summed E-state index contributed by atoms with van der Waals surface area (Å²) in [5.74, 6) is 1.43. The third-order valence-electron chi connectivity index (χ3n) is 5.32. The Kier molecular flexibility index (Phi) is 4.07. The minimum Gasteiger partial charge on any atom is -0.494 e. The predicted octanol–water partition coefficient (Wildman–Crippen LogP) is 3.67. The van der Waals surface area contributed by atoms with E-state index >= 15 is 0 Å². The molecule has 3 aromatic rings. The molecule has 1 saturated heterocycles. The molecule has 1 aliphatic rings. The molecule has 5 nitrogen and oxygen atoms in total. The number of hydrogen-bond donors (Lipinski definition) is 0. The highest BCUT2D eigenvalue weighted by atomic mass is 16.5. The lowest BCUT2D eigenvalue weighted by molar-refractivity contribution is 0.419. The monoisotopic (exact) mass is 336 g/mol. The second-order valence-electron chi connectivity index (χ2n) is 6.79. The summed E-state index contributed by atoms with van der Waals surface area (Å²) in [5.41, 5.74) is 4.81. The average Bonchev–Trinajstić information content (AvgIpc) is 3.07. The summed E-state index contributed by atoms with van der Waals surface area (Å²) in [6.45, 7) is 4.24. The molecule has 130 valence electrons. The van der Waals surface area contributed by atoms with Crippen molar-refractivity contribution in [3.8, 4) is 5.75 Å². The van der Waals surface area contributed by atoms with Crippen LogP contribution in [0.1, 0.15) is 30.0 Å². The highest BCUT2D eigenvalue weighted by molar-refractivity contribution is 5.96. The molecule has 0 aliphatic carbocycles. The minimum atomic E-state index is 0.590. The van der Waals surface area contributed by atoms with Crippen molar-refractivity contribution in [2.24, 2.45) is 7.05 Å². The zero-order chi connectivity index (χ0) is 17.4. The molecule has 5 heteroatoms. The number of anilines is 1. The van der Waals surface area contributed by atoms with Gasteiger partial charge >= 0.3 is 0 Å². The van der Waals surface area contributed by atoms with Crippen LogP contribution < -0.4 is 9.64 Å². The molecule has 0 N–H and O–H groups in total. The predicted molar refractivity (Wildman–Crippen MR) is 100 cm³/mol. The van der Waals surface area contributed by atoms with Crippen molar-refractivity contribution >= 4 is 16.6 Å². The van der Waals surface area contributed by atoms with Crippen LogP contribution in [0.4, 0.5) is 5.69 Å². The Morgan fingerprint density at radius 3 is 2.64 bits per heavy atom. The van der Waals surface area contributed by atoms with Crippen molar-refractivity contribution < 1.29 is 4.74 Å². The lowest BCUT2D eigenvalue weighted by Crippen LogP contribution is -2.34. The van der Waals surface area contributed by atoms with Crippen molar-refractivity contribution in [3.05, 3.63) is 47.9 Å². The highest BCUT2D eigenvalue weighted by Crippen LogP contribution is 2.37. The van der Waals surface area contributed by atoms with E-state index in [-0.39, 0.29) is 0 Å². The van der Waals surface area contributed by atoms with Crippen molar-refractivity contribution in [3.63, 3.8) is 0 Å². The number of benzene rings is 1. The fourth-order valence-corrected chi connectivity index (χ4v) is 4.05. The number of pyridine rings is 1. The quantitative estimate of drug-likeness (QED) is 0.732. The summed E-state index contributed by atoms with van der Waals surface area (Å²) in [7, 11) is 3.74. The van der Waals surface area contributed by atoms with E-state index in [9.17, 15) is 0 Å². The van der Waals surface area contributed by atoms with Gasteiger partial charge in [0.05, 0.1) is 12.8 Å². The maximum Gasteiger partial charge on any atom is 0.145 e. The van der Waals surface area contributed by atoms with Gasteiger partial charge in [0.2, 0.25) is 0 Å². The van der Waals surface area contributed by atoms with E-state index in [1.807, 2.05) is 36.3 Å². The first-order chi connectivity index (χ1) is 12.2. The third-order valence-corrected chi connectivity index (χ3v) is 5.32. The molecule has 0 radical (unpaired) electrons. The number of para-hydroxylation sites is 1. The van der Waals surface area contributed by atoms with Crippen LogP contribution in [0, 0.1) is 6.92 Å². The molecule has 1 fully saturated rings. The zero-order valence-corrected chi connectivity index (χ0v) is 15.1. The molecule has 0 spiro atoms. The number of aromatic nitrogens is 3. The molecule has 0 saturated carbocycles. The fraction of sp³-hybridized carbons (Fsp3) is 0.400. The van der Waals surface area contributed by atoms with Gasteiger partial charge in [-0.25, -0.2) is 0 Å². The van der Waals surface area contributed by atoms with E-state index < -0.39 is 0 Å². The number of methoxy groups -OCH3 is 1. The number of ether oxygens (including phenoxy) is 1. The Balaban J connectivity index is 1.65. The lowest BCUT2D eigenvalue weighted by atomic mass is 9.92. The molecule has 2 aromatic heterocycles. The number of nitrogens with zero attached hydrogens (tertiary/aromatic N) is 4. The third kappa shape index (κ3) is 2.73. The summed E-state index contributed by atoms with van der Waals surface area (Å²) < 4.78 is 7.51.